The fraction of sp³-hybridized carbons (Fsp3) is 0.200. The predicted molar refractivity (Wildman–Crippen MR) is 82.0 cm³/mol. The minimum atomic E-state index is 0.270. The molecular formula is C15H14Cl2N2. The lowest BCUT2D eigenvalue weighted by molar-refractivity contribution is 0.762. The van der Waals surface area contributed by atoms with E-state index in [1.165, 1.54) is 11.1 Å². The smallest absolute Gasteiger partial charge is 0.0823 e. The van der Waals surface area contributed by atoms with E-state index in [1.807, 2.05) is 18.2 Å². The highest BCUT2D eigenvalue weighted by Gasteiger charge is 2.23. The molecule has 0 radical (unpaired) electrons. The third-order valence-corrected chi connectivity index (χ3v) is 4.35. The first-order valence-electron chi connectivity index (χ1n) is 6.24. The summed E-state index contributed by atoms with van der Waals surface area (Å²) >= 11 is 12.2. The van der Waals surface area contributed by atoms with E-state index in [1.54, 1.807) is 6.07 Å². The van der Waals surface area contributed by atoms with Gasteiger partial charge < -0.3 is 11.1 Å². The molecule has 98 valence electrons. The maximum absolute atomic E-state index is 6.21. The third kappa shape index (κ3) is 2.38. The number of anilines is 2. The van der Waals surface area contributed by atoms with E-state index in [-0.39, 0.29) is 6.04 Å². The minimum absolute atomic E-state index is 0.270. The van der Waals surface area contributed by atoms with Crippen molar-refractivity contribution in [3.05, 3.63) is 57.6 Å². The SMILES string of the molecule is Nc1ccc2c(c1)CCC2Nc1cccc(Cl)c1Cl. The van der Waals surface area contributed by atoms with Gasteiger partial charge in [0, 0.05) is 5.69 Å². The van der Waals surface area contributed by atoms with E-state index in [0.29, 0.717) is 10.0 Å². The van der Waals surface area contributed by atoms with Crippen molar-refractivity contribution in [3.63, 3.8) is 0 Å². The van der Waals surface area contributed by atoms with Gasteiger partial charge in [0.1, 0.15) is 0 Å². The maximum atomic E-state index is 6.21. The molecule has 0 bridgehead atoms. The summed E-state index contributed by atoms with van der Waals surface area (Å²) in [6, 6.07) is 12.0. The Bertz CT molecular complexity index is 626. The molecule has 3 N–H and O–H groups in total. The molecule has 2 nitrogen and oxygen atoms in total. The molecule has 1 unspecified atom stereocenters. The molecule has 0 spiro atoms. The molecule has 0 aromatic heterocycles. The topological polar surface area (TPSA) is 38.0 Å². The van der Waals surface area contributed by atoms with Crippen molar-refractivity contribution in [3.8, 4) is 0 Å². The first-order chi connectivity index (χ1) is 9.15. The van der Waals surface area contributed by atoms with Gasteiger partial charge in [-0.1, -0.05) is 35.3 Å². The summed E-state index contributed by atoms with van der Waals surface area (Å²) in [5.41, 5.74) is 10.1. The van der Waals surface area contributed by atoms with Gasteiger partial charge in [-0.2, -0.15) is 0 Å². The molecule has 0 saturated heterocycles. The molecular weight excluding hydrogens is 279 g/mol. The van der Waals surface area contributed by atoms with Crippen LogP contribution in [0.25, 0.3) is 0 Å². The summed E-state index contributed by atoms with van der Waals surface area (Å²) in [7, 11) is 0. The number of halogens is 2. The summed E-state index contributed by atoms with van der Waals surface area (Å²) in [6.45, 7) is 0. The Morgan fingerprint density at radius 1 is 1.16 bits per heavy atom. The van der Waals surface area contributed by atoms with Crippen LogP contribution in [-0.2, 0) is 6.42 Å². The van der Waals surface area contributed by atoms with Gasteiger partial charge in [-0.25, -0.2) is 0 Å². The Hall–Kier alpha value is -1.38. The molecule has 2 aromatic carbocycles. The van der Waals surface area contributed by atoms with Gasteiger partial charge in [0.15, 0.2) is 0 Å². The van der Waals surface area contributed by atoms with Crippen molar-refractivity contribution >= 4 is 34.6 Å². The van der Waals surface area contributed by atoms with Crippen LogP contribution in [0, 0.1) is 0 Å². The van der Waals surface area contributed by atoms with Crippen LogP contribution in [0.3, 0.4) is 0 Å². The number of rotatable bonds is 2. The Balaban J connectivity index is 1.89. The van der Waals surface area contributed by atoms with Crippen LogP contribution in [0.2, 0.25) is 10.0 Å². The number of fused-ring (bicyclic) bond motifs is 1. The van der Waals surface area contributed by atoms with Crippen LogP contribution >= 0.6 is 23.2 Å². The number of hydrogen-bond acceptors (Lipinski definition) is 2. The van der Waals surface area contributed by atoms with Gasteiger partial charge in [-0.3, -0.25) is 0 Å². The molecule has 0 saturated carbocycles. The second-order valence-corrected chi connectivity index (χ2v) is 5.58. The van der Waals surface area contributed by atoms with Gasteiger partial charge in [-0.05, 0) is 48.2 Å². The Morgan fingerprint density at radius 2 is 2.00 bits per heavy atom. The minimum Gasteiger partial charge on any atom is -0.399 e. The number of nitrogens with two attached hydrogens (primary N) is 1. The lowest BCUT2D eigenvalue weighted by atomic mass is 10.1. The average Bonchev–Trinajstić information content (AvgIpc) is 2.77. The van der Waals surface area contributed by atoms with Crippen LogP contribution in [0.4, 0.5) is 11.4 Å². The molecule has 2 aromatic rings. The lowest BCUT2D eigenvalue weighted by Gasteiger charge is -2.17. The van der Waals surface area contributed by atoms with Crippen molar-refractivity contribution in [2.75, 3.05) is 11.1 Å². The fourth-order valence-electron chi connectivity index (χ4n) is 2.59. The molecule has 1 atom stereocenters. The number of benzene rings is 2. The molecule has 4 heteroatoms. The molecule has 1 aliphatic carbocycles. The summed E-state index contributed by atoms with van der Waals surface area (Å²) in [5.74, 6) is 0. The second kappa shape index (κ2) is 4.95. The average molecular weight is 293 g/mol. The quantitative estimate of drug-likeness (QED) is 0.789. The van der Waals surface area contributed by atoms with E-state index in [4.69, 9.17) is 28.9 Å². The lowest BCUT2D eigenvalue weighted by Crippen LogP contribution is -2.07. The highest BCUT2D eigenvalue weighted by Crippen LogP contribution is 2.38. The number of nitrogen functional groups attached to an aromatic ring is 1. The van der Waals surface area contributed by atoms with Crippen molar-refractivity contribution in [1.82, 2.24) is 0 Å². The predicted octanol–water partition coefficient (Wildman–Crippen LogP) is 4.68. The molecule has 0 heterocycles. The largest absolute Gasteiger partial charge is 0.399 e. The number of hydrogen-bond donors (Lipinski definition) is 2. The van der Waals surface area contributed by atoms with Gasteiger partial charge in [-0.15, -0.1) is 0 Å². The zero-order valence-corrected chi connectivity index (χ0v) is 11.8. The zero-order chi connectivity index (χ0) is 13.4. The van der Waals surface area contributed by atoms with Crippen molar-refractivity contribution < 1.29 is 0 Å². The molecule has 1 aliphatic rings. The molecule has 0 fully saturated rings. The molecule has 19 heavy (non-hydrogen) atoms. The standard InChI is InChI=1S/C15H14Cl2N2/c16-12-2-1-3-14(15(12)17)19-13-7-4-9-8-10(18)5-6-11(9)13/h1-3,5-6,8,13,19H,4,7,18H2. The van der Waals surface area contributed by atoms with E-state index >= 15 is 0 Å². The normalized spacial score (nSPS) is 17.3. The van der Waals surface area contributed by atoms with Crippen molar-refractivity contribution in [1.29, 1.82) is 0 Å². The monoisotopic (exact) mass is 292 g/mol. The molecule has 0 aliphatic heterocycles. The van der Waals surface area contributed by atoms with Crippen LogP contribution in [0.15, 0.2) is 36.4 Å². The van der Waals surface area contributed by atoms with Gasteiger partial charge in [0.05, 0.1) is 21.8 Å². The maximum Gasteiger partial charge on any atom is 0.0823 e. The Labute approximate surface area is 122 Å². The Morgan fingerprint density at radius 3 is 2.84 bits per heavy atom. The number of nitrogens with one attached hydrogen (secondary N) is 1. The Kier molecular flexibility index (Phi) is 3.29. The van der Waals surface area contributed by atoms with Crippen LogP contribution in [-0.4, -0.2) is 0 Å². The molecule has 3 rings (SSSR count). The number of aryl methyl sites for hydroxylation is 1. The van der Waals surface area contributed by atoms with Crippen LogP contribution in [0.1, 0.15) is 23.6 Å². The van der Waals surface area contributed by atoms with Crippen LogP contribution in [0.5, 0.6) is 0 Å². The summed E-state index contributed by atoms with van der Waals surface area (Å²) in [5, 5.41) is 4.62. The van der Waals surface area contributed by atoms with Gasteiger partial charge >= 0.3 is 0 Å². The summed E-state index contributed by atoms with van der Waals surface area (Å²) in [6.07, 6.45) is 2.08. The van der Waals surface area contributed by atoms with E-state index in [9.17, 15) is 0 Å². The summed E-state index contributed by atoms with van der Waals surface area (Å²) < 4.78 is 0. The zero-order valence-electron chi connectivity index (χ0n) is 10.3. The summed E-state index contributed by atoms with van der Waals surface area (Å²) in [4.78, 5) is 0. The molecule has 0 amide bonds. The van der Waals surface area contributed by atoms with Gasteiger partial charge in [0.2, 0.25) is 0 Å². The van der Waals surface area contributed by atoms with Gasteiger partial charge in [0.25, 0.3) is 0 Å². The third-order valence-electron chi connectivity index (χ3n) is 3.53. The highest BCUT2D eigenvalue weighted by molar-refractivity contribution is 6.43. The van der Waals surface area contributed by atoms with E-state index < -0.39 is 0 Å². The highest BCUT2D eigenvalue weighted by atomic mass is 35.5. The first-order valence-corrected chi connectivity index (χ1v) is 6.99. The van der Waals surface area contributed by atoms with E-state index in [0.717, 1.165) is 24.2 Å². The van der Waals surface area contributed by atoms with Crippen molar-refractivity contribution in [2.45, 2.75) is 18.9 Å². The van der Waals surface area contributed by atoms with Crippen molar-refractivity contribution in [2.24, 2.45) is 0 Å². The second-order valence-electron chi connectivity index (χ2n) is 4.80. The van der Waals surface area contributed by atoms with Crippen LogP contribution < -0.4 is 11.1 Å². The van der Waals surface area contributed by atoms with E-state index in [2.05, 4.69) is 17.4 Å². The fourth-order valence-corrected chi connectivity index (χ4v) is 2.95. The first kappa shape index (κ1) is 12.6.